The molecule has 0 heterocycles. The maximum absolute atomic E-state index is 2.84. The van der Waals surface area contributed by atoms with Gasteiger partial charge in [-0.05, 0) is 48.1 Å². The first-order chi connectivity index (χ1) is 16.9. The Morgan fingerprint density at radius 3 is 1.05 bits per heavy atom. The summed E-state index contributed by atoms with van der Waals surface area (Å²) in [7, 11) is -6.82. The second-order valence-electron chi connectivity index (χ2n) is 14.1. The van der Waals surface area contributed by atoms with Gasteiger partial charge in [0.25, 0.3) is 0 Å². The monoisotopic (exact) mass is 580 g/mol. The van der Waals surface area contributed by atoms with Crippen LogP contribution in [0.1, 0.15) is 0 Å². The van der Waals surface area contributed by atoms with Crippen molar-refractivity contribution in [2.24, 2.45) is 0 Å². The van der Waals surface area contributed by atoms with E-state index in [2.05, 4.69) is 166 Å². The second kappa shape index (κ2) is 11.0. The van der Waals surface area contributed by atoms with Crippen molar-refractivity contribution >= 4 is 68.2 Å². The van der Waals surface area contributed by atoms with Crippen molar-refractivity contribution in [3.05, 3.63) is 78.9 Å². The topological polar surface area (TPSA) is 6.48 Å². The second-order valence-corrected chi connectivity index (χ2v) is 36.3. The van der Waals surface area contributed by atoms with E-state index in [0.717, 1.165) is 0 Å². The smallest absolute Gasteiger partial charge is 0.138 e. The molecule has 0 radical (unpaired) electrons. The largest absolute Gasteiger partial charge is 0.425 e. The number of benzene rings is 3. The van der Waals surface area contributed by atoms with Crippen molar-refractivity contribution in [2.45, 2.75) is 78.6 Å². The summed E-state index contributed by atoms with van der Waals surface area (Å²) in [4.78, 5) is 0. The van der Waals surface area contributed by atoms with E-state index in [-0.39, 0.29) is 0 Å². The van der Waals surface area contributed by atoms with E-state index in [9.17, 15) is 0 Å². The van der Waals surface area contributed by atoms with Crippen molar-refractivity contribution in [1.29, 1.82) is 0 Å². The van der Waals surface area contributed by atoms with Gasteiger partial charge in [0.2, 0.25) is 0 Å². The molecule has 0 aliphatic carbocycles. The predicted molar refractivity (Wildman–Crippen MR) is 183 cm³/mol. The molecule has 0 aromatic heterocycles. The summed E-state index contributed by atoms with van der Waals surface area (Å²) in [5, 5.41) is 4.32. The minimum atomic E-state index is -1.54. The van der Waals surface area contributed by atoms with Gasteiger partial charge in [-0.2, -0.15) is 0 Å². The van der Waals surface area contributed by atoms with Crippen LogP contribution in [0.15, 0.2) is 78.9 Å². The van der Waals surface area contributed by atoms with Gasteiger partial charge in [-0.3, -0.25) is 0 Å². The molecule has 0 bridgehead atoms. The van der Waals surface area contributed by atoms with Crippen molar-refractivity contribution < 1.29 is 0 Å². The van der Waals surface area contributed by atoms with Crippen LogP contribution >= 0.6 is 7.92 Å². The number of hydrogen-bond donors (Lipinski definition) is 0. The van der Waals surface area contributed by atoms with Crippen LogP contribution < -0.4 is 24.4 Å². The highest BCUT2D eigenvalue weighted by Gasteiger charge is 2.36. The van der Waals surface area contributed by atoms with Crippen LogP contribution in [-0.2, 0) is 0 Å². The molecule has 37 heavy (non-hydrogen) atoms. The fourth-order valence-corrected chi connectivity index (χ4v) is 28.2. The molecule has 0 saturated heterocycles. The molecular formula is C30H49N2PSi4. The molecule has 200 valence electrons. The van der Waals surface area contributed by atoms with Crippen LogP contribution in [0.4, 0.5) is 11.4 Å². The van der Waals surface area contributed by atoms with E-state index in [4.69, 9.17) is 0 Å². The molecule has 0 fully saturated rings. The Labute approximate surface area is 233 Å². The van der Waals surface area contributed by atoms with Crippen molar-refractivity contribution in [3.63, 3.8) is 0 Å². The molecule has 0 N–H and O–H groups in total. The van der Waals surface area contributed by atoms with Gasteiger partial charge in [0.05, 0.1) is 0 Å². The van der Waals surface area contributed by atoms with Crippen molar-refractivity contribution in [3.8, 4) is 0 Å². The lowest BCUT2D eigenvalue weighted by atomic mass is 10.3. The van der Waals surface area contributed by atoms with E-state index < -0.39 is 40.9 Å². The minimum Gasteiger partial charge on any atom is -0.425 e. The molecule has 0 spiro atoms. The van der Waals surface area contributed by atoms with Crippen molar-refractivity contribution in [2.75, 3.05) is 8.46 Å². The predicted octanol–water partition coefficient (Wildman–Crippen LogP) is 8.40. The molecule has 3 aromatic rings. The lowest BCUT2D eigenvalue weighted by Crippen LogP contribution is -2.59. The molecule has 0 aliphatic heterocycles. The third kappa shape index (κ3) is 7.36. The Bertz CT molecular complexity index is 1090. The molecule has 0 unspecified atom stereocenters. The summed E-state index contributed by atoms with van der Waals surface area (Å²) >= 11 is 0. The third-order valence-electron chi connectivity index (χ3n) is 6.39. The minimum absolute atomic E-state index is 0.663. The van der Waals surface area contributed by atoms with Crippen LogP contribution in [0.5, 0.6) is 0 Å². The summed E-state index contributed by atoms with van der Waals surface area (Å²) in [6.07, 6.45) is 0. The van der Waals surface area contributed by atoms with Crippen LogP contribution in [0.3, 0.4) is 0 Å². The van der Waals surface area contributed by atoms with E-state index in [0.29, 0.717) is 0 Å². The normalized spacial score (nSPS) is 13.1. The fourth-order valence-electron chi connectivity index (χ4n) is 6.13. The summed E-state index contributed by atoms with van der Waals surface area (Å²) in [5.41, 5.74) is 2.84. The van der Waals surface area contributed by atoms with Gasteiger partial charge in [-0.1, -0.05) is 133 Å². The highest BCUT2D eigenvalue weighted by molar-refractivity contribution is 7.79. The molecule has 0 aliphatic rings. The zero-order chi connectivity index (χ0) is 27.8. The van der Waals surface area contributed by atoms with Gasteiger partial charge in [-0.15, -0.1) is 0 Å². The van der Waals surface area contributed by atoms with Gasteiger partial charge in [-0.25, -0.2) is 0 Å². The zero-order valence-electron chi connectivity index (χ0n) is 25.3. The van der Waals surface area contributed by atoms with Gasteiger partial charge < -0.3 is 8.46 Å². The van der Waals surface area contributed by atoms with Gasteiger partial charge >= 0.3 is 0 Å². The lowest BCUT2D eigenvalue weighted by Gasteiger charge is -2.46. The van der Waals surface area contributed by atoms with E-state index in [1.807, 2.05) is 0 Å². The Balaban J connectivity index is 2.23. The molecule has 0 saturated carbocycles. The number of nitrogens with zero attached hydrogens (tertiary/aromatic N) is 2. The Morgan fingerprint density at radius 1 is 0.405 bits per heavy atom. The zero-order valence-corrected chi connectivity index (χ0v) is 30.2. The first kappa shape index (κ1) is 30.1. The Hall–Kier alpha value is -1.44. The number of anilines is 2. The summed E-state index contributed by atoms with van der Waals surface area (Å²) < 4.78 is 5.69. The van der Waals surface area contributed by atoms with Crippen LogP contribution in [0, 0.1) is 0 Å². The summed E-state index contributed by atoms with van der Waals surface area (Å²) in [5.74, 6) is 0. The van der Waals surface area contributed by atoms with Gasteiger partial charge in [0.1, 0.15) is 32.9 Å². The quantitative estimate of drug-likeness (QED) is 0.185. The highest BCUT2D eigenvalue weighted by Crippen LogP contribution is 2.38. The summed E-state index contributed by atoms with van der Waals surface area (Å²) in [6, 6.07) is 30.3. The highest BCUT2D eigenvalue weighted by atomic mass is 31.1. The lowest BCUT2D eigenvalue weighted by molar-refractivity contribution is 1.36. The molecular weight excluding hydrogens is 532 g/mol. The van der Waals surface area contributed by atoms with Gasteiger partial charge in [0.15, 0.2) is 0 Å². The molecule has 0 atom stereocenters. The van der Waals surface area contributed by atoms with Crippen LogP contribution in [0.25, 0.3) is 0 Å². The average Bonchev–Trinajstić information content (AvgIpc) is 2.71. The number of hydrogen-bond acceptors (Lipinski definition) is 2. The number of rotatable bonds is 9. The maximum atomic E-state index is 2.84. The molecule has 7 heteroatoms. The fraction of sp³-hybridized carbons (Fsp3) is 0.400. The maximum Gasteiger partial charge on any atom is 0.138 e. The van der Waals surface area contributed by atoms with Gasteiger partial charge in [0, 0.05) is 11.4 Å². The standard InChI is InChI=1S/C30H49N2PSi4/c1-34(2,3)31(35(4,5)6)26-18-16-22-29(24-26)33(28-20-14-13-15-21-28)30-23-17-19-27(25-30)32(36(7,8)9)37(10,11)12/h13-25H,1-12H3. The third-order valence-corrected chi connectivity index (χ3v) is 23.2. The Kier molecular flexibility index (Phi) is 8.93. The van der Waals surface area contributed by atoms with E-state index >= 15 is 0 Å². The van der Waals surface area contributed by atoms with E-state index in [1.54, 1.807) is 0 Å². The first-order valence-electron chi connectivity index (χ1n) is 13.6. The van der Waals surface area contributed by atoms with E-state index in [1.165, 1.54) is 27.3 Å². The SMILES string of the molecule is C[Si](C)(C)N(c1cccc(P(c2ccccc2)c2cccc(N([Si](C)(C)C)[Si](C)(C)C)c2)c1)[Si](C)(C)C. The Morgan fingerprint density at radius 2 is 0.730 bits per heavy atom. The molecule has 0 amide bonds. The molecule has 3 rings (SSSR count). The molecule has 3 aromatic carbocycles. The molecule has 2 nitrogen and oxygen atoms in total. The first-order valence-corrected chi connectivity index (χ1v) is 28.7. The van der Waals surface area contributed by atoms with Crippen LogP contribution in [0.2, 0.25) is 78.6 Å². The average molecular weight is 581 g/mol. The summed E-state index contributed by atoms with van der Waals surface area (Å²) in [6.45, 7) is 29.9. The van der Waals surface area contributed by atoms with Crippen molar-refractivity contribution in [1.82, 2.24) is 0 Å². The van der Waals surface area contributed by atoms with Crippen LogP contribution in [-0.4, -0.2) is 32.9 Å².